The standard InChI is InChI=1S/C9H18N2O3/c1-7(6-11(2)3)10-8(12)4-5-9(13)14/h7H,4-6H2,1-3H3,(H,10,12)(H,13,14). The topological polar surface area (TPSA) is 69.6 Å². The molecule has 0 aromatic carbocycles. The second-order valence-corrected chi connectivity index (χ2v) is 3.62. The molecule has 0 bridgehead atoms. The van der Waals surface area contributed by atoms with E-state index in [1.54, 1.807) is 0 Å². The number of amides is 1. The number of rotatable bonds is 6. The number of hydrogen-bond donors (Lipinski definition) is 2. The highest BCUT2D eigenvalue weighted by atomic mass is 16.4. The first-order chi connectivity index (χ1) is 6.41. The van der Waals surface area contributed by atoms with Crippen molar-refractivity contribution in [3.8, 4) is 0 Å². The molecule has 0 radical (unpaired) electrons. The lowest BCUT2D eigenvalue weighted by atomic mass is 10.2. The van der Waals surface area contributed by atoms with Gasteiger partial charge in [-0.1, -0.05) is 0 Å². The number of hydrogen-bond acceptors (Lipinski definition) is 3. The molecule has 0 fully saturated rings. The van der Waals surface area contributed by atoms with Crippen LogP contribution in [0.15, 0.2) is 0 Å². The van der Waals surface area contributed by atoms with E-state index < -0.39 is 5.97 Å². The number of carboxylic acids is 1. The predicted octanol–water partition coefficient (Wildman–Crippen LogP) is -0.0825. The van der Waals surface area contributed by atoms with Crippen LogP contribution < -0.4 is 5.32 Å². The van der Waals surface area contributed by atoms with Crippen LogP contribution in [0.2, 0.25) is 0 Å². The van der Waals surface area contributed by atoms with Gasteiger partial charge in [0.25, 0.3) is 0 Å². The van der Waals surface area contributed by atoms with Crippen molar-refractivity contribution in [1.29, 1.82) is 0 Å². The Morgan fingerprint density at radius 2 is 1.93 bits per heavy atom. The van der Waals surface area contributed by atoms with Crippen molar-refractivity contribution >= 4 is 11.9 Å². The normalized spacial score (nSPS) is 12.6. The number of nitrogens with one attached hydrogen (secondary N) is 1. The Bertz CT molecular complexity index is 204. The van der Waals surface area contributed by atoms with E-state index in [1.165, 1.54) is 0 Å². The van der Waals surface area contributed by atoms with Crippen LogP contribution in [-0.4, -0.2) is 48.6 Å². The van der Waals surface area contributed by atoms with Crippen molar-refractivity contribution in [3.05, 3.63) is 0 Å². The SMILES string of the molecule is CC(CN(C)C)NC(=O)CCC(=O)O. The van der Waals surface area contributed by atoms with Crippen LogP contribution in [0.25, 0.3) is 0 Å². The van der Waals surface area contributed by atoms with Crippen molar-refractivity contribution in [2.75, 3.05) is 20.6 Å². The summed E-state index contributed by atoms with van der Waals surface area (Å²) in [5, 5.41) is 11.1. The van der Waals surface area contributed by atoms with Gasteiger partial charge in [0.1, 0.15) is 0 Å². The monoisotopic (exact) mass is 202 g/mol. The lowest BCUT2D eigenvalue weighted by molar-refractivity contribution is -0.138. The second-order valence-electron chi connectivity index (χ2n) is 3.62. The molecule has 0 aliphatic carbocycles. The third-order valence-corrected chi connectivity index (χ3v) is 1.61. The van der Waals surface area contributed by atoms with E-state index in [2.05, 4.69) is 5.32 Å². The quantitative estimate of drug-likeness (QED) is 0.632. The van der Waals surface area contributed by atoms with Crippen molar-refractivity contribution in [3.63, 3.8) is 0 Å². The zero-order chi connectivity index (χ0) is 11.1. The van der Waals surface area contributed by atoms with E-state index in [0.717, 1.165) is 6.54 Å². The van der Waals surface area contributed by atoms with Gasteiger partial charge in [0.05, 0.1) is 6.42 Å². The molecule has 1 unspecified atom stereocenters. The summed E-state index contributed by atoms with van der Waals surface area (Å²) in [6.45, 7) is 2.64. The van der Waals surface area contributed by atoms with Crippen molar-refractivity contribution in [2.45, 2.75) is 25.8 Å². The maximum absolute atomic E-state index is 11.1. The fourth-order valence-electron chi connectivity index (χ4n) is 1.16. The van der Waals surface area contributed by atoms with Crippen molar-refractivity contribution in [2.24, 2.45) is 0 Å². The van der Waals surface area contributed by atoms with Crippen molar-refractivity contribution in [1.82, 2.24) is 10.2 Å². The average Bonchev–Trinajstić information content (AvgIpc) is 1.98. The molecule has 82 valence electrons. The molecule has 1 amide bonds. The summed E-state index contributed by atoms with van der Waals surface area (Å²) < 4.78 is 0. The largest absolute Gasteiger partial charge is 0.481 e. The Balaban J connectivity index is 3.65. The zero-order valence-corrected chi connectivity index (χ0v) is 8.91. The van der Waals surface area contributed by atoms with E-state index in [0.29, 0.717) is 0 Å². The highest BCUT2D eigenvalue weighted by Gasteiger charge is 2.09. The first-order valence-electron chi connectivity index (χ1n) is 4.57. The van der Waals surface area contributed by atoms with Gasteiger partial charge in [-0.05, 0) is 21.0 Å². The minimum atomic E-state index is -0.944. The predicted molar refractivity (Wildman–Crippen MR) is 53.0 cm³/mol. The lowest BCUT2D eigenvalue weighted by Crippen LogP contribution is -2.39. The molecule has 0 spiro atoms. The molecule has 5 heteroatoms. The summed E-state index contributed by atoms with van der Waals surface area (Å²) in [7, 11) is 3.83. The third-order valence-electron chi connectivity index (χ3n) is 1.61. The van der Waals surface area contributed by atoms with Gasteiger partial charge in [0.2, 0.25) is 5.91 Å². The molecule has 0 saturated heterocycles. The van der Waals surface area contributed by atoms with E-state index in [-0.39, 0.29) is 24.8 Å². The van der Waals surface area contributed by atoms with Crippen molar-refractivity contribution < 1.29 is 14.7 Å². The summed E-state index contributed by atoms with van der Waals surface area (Å²) in [6.07, 6.45) is -0.0619. The van der Waals surface area contributed by atoms with Gasteiger partial charge >= 0.3 is 5.97 Å². The molecule has 2 N–H and O–H groups in total. The zero-order valence-electron chi connectivity index (χ0n) is 8.91. The molecule has 0 aliphatic rings. The number of nitrogens with zero attached hydrogens (tertiary/aromatic N) is 1. The number of likely N-dealkylation sites (N-methyl/N-ethyl adjacent to an activating group) is 1. The second kappa shape index (κ2) is 6.37. The van der Waals surface area contributed by atoms with Gasteiger partial charge in [-0.15, -0.1) is 0 Å². The van der Waals surface area contributed by atoms with E-state index in [4.69, 9.17) is 5.11 Å². The molecule has 0 heterocycles. The molecule has 0 aromatic rings. The Hall–Kier alpha value is -1.10. The van der Waals surface area contributed by atoms with Crippen LogP contribution in [0.4, 0.5) is 0 Å². The van der Waals surface area contributed by atoms with Crippen LogP contribution in [0.3, 0.4) is 0 Å². The van der Waals surface area contributed by atoms with Crippen LogP contribution in [0, 0.1) is 0 Å². The van der Waals surface area contributed by atoms with E-state index >= 15 is 0 Å². The maximum Gasteiger partial charge on any atom is 0.303 e. The number of carbonyl (C=O) groups is 2. The maximum atomic E-state index is 11.1. The Morgan fingerprint density at radius 1 is 1.36 bits per heavy atom. The van der Waals surface area contributed by atoms with Gasteiger partial charge in [0, 0.05) is 19.0 Å². The fourth-order valence-corrected chi connectivity index (χ4v) is 1.16. The summed E-state index contributed by atoms with van der Waals surface area (Å²) in [5.74, 6) is -1.15. The molecular weight excluding hydrogens is 184 g/mol. The minimum absolute atomic E-state index is 0.0475. The smallest absolute Gasteiger partial charge is 0.303 e. The molecule has 5 nitrogen and oxygen atoms in total. The highest BCUT2D eigenvalue weighted by Crippen LogP contribution is 1.91. The molecule has 14 heavy (non-hydrogen) atoms. The highest BCUT2D eigenvalue weighted by molar-refractivity contribution is 5.80. The number of aliphatic carboxylic acids is 1. The summed E-state index contributed by atoms with van der Waals surface area (Å²) in [6, 6.07) is 0.0475. The van der Waals surface area contributed by atoms with Crippen LogP contribution >= 0.6 is 0 Å². The molecule has 1 atom stereocenters. The minimum Gasteiger partial charge on any atom is -0.481 e. The molecule has 0 aromatic heterocycles. The van der Waals surface area contributed by atoms with E-state index in [9.17, 15) is 9.59 Å². The van der Waals surface area contributed by atoms with Gasteiger partial charge in [-0.2, -0.15) is 0 Å². The van der Waals surface area contributed by atoms with Gasteiger partial charge in [-0.3, -0.25) is 9.59 Å². The molecule has 0 aliphatic heterocycles. The average molecular weight is 202 g/mol. The number of carbonyl (C=O) groups excluding carboxylic acids is 1. The third kappa shape index (κ3) is 7.54. The molecular formula is C9H18N2O3. The van der Waals surface area contributed by atoms with Crippen LogP contribution in [0.1, 0.15) is 19.8 Å². The summed E-state index contributed by atoms with van der Waals surface area (Å²) >= 11 is 0. The first kappa shape index (κ1) is 12.9. The summed E-state index contributed by atoms with van der Waals surface area (Å²) in [4.78, 5) is 23.3. The molecule has 0 saturated carbocycles. The van der Waals surface area contributed by atoms with Gasteiger partial charge < -0.3 is 15.3 Å². The molecule has 0 rings (SSSR count). The lowest BCUT2D eigenvalue weighted by Gasteiger charge is -2.17. The first-order valence-corrected chi connectivity index (χ1v) is 4.57. The van der Waals surface area contributed by atoms with Crippen LogP contribution in [-0.2, 0) is 9.59 Å². The number of carboxylic acid groups (broad SMARTS) is 1. The van der Waals surface area contributed by atoms with Gasteiger partial charge in [-0.25, -0.2) is 0 Å². The Kier molecular flexibility index (Phi) is 5.87. The Morgan fingerprint density at radius 3 is 2.36 bits per heavy atom. The van der Waals surface area contributed by atoms with E-state index in [1.807, 2.05) is 25.9 Å². The summed E-state index contributed by atoms with van der Waals surface area (Å²) in [5.41, 5.74) is 0. The van der Waals surface area contributed by atoms with Gasteiger partial charge in [0.15, 0.2) is 0 Å². The van der Waals surface area contributed by atoms with Crippen LogP contribution in [0.5, 0.6) is 0 Å². The fraction of sp³-hybridized carbons (Fsp3) is 0.778. The Labute approximate surface area is 84.1 Å².